The molecule has 0 rings (SSSR count). The molecule has 0 radical (unpaired) electrons. The Labute approximate surface area is 98.1 Å². The SMILES string of the molecule is CC(C)CCOCCC(C)C.O=P(O)(O)O. The average Bonchev–Trinajstić information content (AvgIpc) is 1.99. The average molecular weight is 256 g/mol. The minimum Gasteiger partial charge on any atom is -0.381 e. The Balaban J connectivity index is 0. The molecule has 0 aromatic heterocycles. The lowest BCUT2D eigenvalue weighted by Crippen LogP contribution is -2.02. The van der Waals surface area contributed by atoms with E-state index in [0.29, 0.717) is 0 Å². The van der Waals surface area contributed by atoms with E-state index in [1.807, 2.05) is 0 Å². The highest BCUT2D eigenvalue weighted by atomic mass is 31.2. The van der Waals surface area contributed by atoms with Crippen molar-refractivity contribution in [3.05, 3.63) is 0 Å². The van der Waals surface area contributed by atoms with Crippen LogP contribution in [-0.4, -0.2) is 27.9 Å². The lowest BCUT2D eigenvalue weighted by molar-refractivity contribution is 0.114. The first-order valence-corrected chi connectivity index (χ1v) is 7.05. The van der Waals surface area contributed by atoms with E-state index in [-0.39, 0.29) is 0 Å². The smallest absolute Gasteiger partial charge is 0.381 e. The van der Waals surface area contributed by atoms with Crippen molar-refractivity contribution < 1.29 is 24.0 Å². The normalized spacial score (nSPS) is 11.6. The van der Waals surface area contributed by atoms with Gasteiger partial charge in [-0.3, -0.25) is 0 Å². The van der Waals surface area contributed by atoms with Gasteiger partial charge in [-0.1, -0.05) is 27.7 Å². The highest BCUT2D eigenvalue weighted by molar-refractivity contribution is 7.45. The molecule has 0 bridgehead atoms. The summed E-state index contributed by atoms with van der Waals surface area (Å²) < 4.78 is 14.3. The maximum Gasteiger partial charge on any atom is 0.466 e. The molecule has 0 aliphatic heterocycles. The molecule has 100 valence electrons. The Morgan fingerprint density at radius 3 is 1.38 bits per heavy atom. The molecule has 0 amide bonds. The van der Waals surface area contributed by atoms with Crippen LogP contribution in [-0.2, 0) is 9.30 Å². The van der Waals surface area contributed by atoms with Crippen LogP contribution in [0.3, 0.4) is 0 Å². The highest BCUT2D eigenvalue weighted by Gasteiger charge is 2.00. The Morgan fingerprint density at radius 2 is 1.19 bits per heavy atom. The fourth-order valence-corrected chi connectivity index (χ4v) is 0.740. The summed E-state index contributed by atoms with van der Waals surface area (Å²) in [4.78, 5) is 21.6. The molecule has 0 saturated carbocycles. The standard InChI is InChI=1S/C10H22O.H3O4P/c1-9(2)5-7-11-8-6-10(3)4;1-5(2,3)4/h9-10H,5-8H2,1-4H3;(H3,1,2,3,4). The fourth-order valence-electron chi connectivity index (χ4n) is 0.740. The summed E-state index contributed by atoms with van der Waals surface area (Å²) in [5, 5.41) is 0. The van der Waals surface area contributed by atoms with Gasteiger partial charge in [-0.05, 0) is 24.7 Å². The molecule has 5 nitrogen and oxygen atoms in total. The largest absolute Gasteiger partial charge is 0.466 e. The number of hydrogen-bond donors (Lipinski definition) is 3. The molecule has 0 aliphatic carbocycles. The van der Waals surface area contributed by atoms with Gasteiger partial charge in [-0.15, -0.1) is 0 Å². The predicted molar refractivity (Wildman–Crippen MR) is 64.0 cm³/mol. The van der Waals surface area contributed by atoms with Gasteiger partial charge in [0.15, 0.2) is 0 Å². The molecule has 0 aromatic rings. The van der Waals surface area contributed by atoms with Gasteiger partial charge in [0.1, 0.15) is 0 Å². The highest BCUT2D eigenvalue weighted by Crippen LogP contribution is 2.25. The van der Waals surface area contributed by atoms with Crippen molar-refractivity contribution in [2.45, 2.75) is 40.5 Å². The van der Waals surface area contributed by atoms with Crippen molar-refractivity contribution in [1.29, 1.82) is 0 Å². The van der Waals surface area contributed by atoms with E-state index < -0.39 is 7.82 Å². The first-order valence-electron chi connectivity index (χ1n) is 5.49. The summed E-state index contributed by atoms with van der Waals surface area (Å²) in [7, 11) is -4.64. The zero-order chi connectivity index (χ0) is 13.2. The van der Waals surface area contributed by atoms with E-state index in [2.05, 4.69) is 27.7 Å². The monoisotopic (exact) mass is 256 g/mol. The van der Waals surface area contributed by atoms with Crippen molar-refractivity contribution in [3.63, 3.8) is 0 Å². The van der Waals surface area contributed by atoms with Crippen molar-refractivity contribution >= 4 is 7.82 Å². The Bertz CT molecular complexity index is 169. The van der Waals surface area contributed by atoms with Gasteiger partial charge in [0.05, 0.1) is 0 Å². The van der Waals surface area contributed by atoms with Gasteiger partial charge in [0, 0.05) is 13.2 Å². The van der Waals surface area contributed by atoms with Crippen molar-refractivity contribution in [3.8, 4) is 0 Å². The molecule has 0 unspecified atom stereocenters. The fraction of sp³-hybridized carbons (Fsp3) is 1.00. The molecule has 0 saturated heterocycles. The Hall–Kier alpha value is 0.0700. The van der Waals surface area contributed by atoms with Gasteiger partial charge >= 0.3 is 7.82 Å². The zero-order valence-electron chi connectivity index (χ0n) is 10.6. The predicted octanol–water partition coefficient (Wildman–Crippen LogP) is 2.17. The van der Waals surface area contributed by atoms with Gasteiger partial charge in [0.25, 0.3) is 0 Å². The molecule has 0 fully saturated rings. The van der Waals surface area contributed by atoms with Crippen LogP contribution >= 0.6 is 7.82 Å². The summed E-state index contributed by atoms with van der Waals surface area (Å²) >= 11 is 0. The van der Waals surface area contributed by atoms with Crippen LogP contribution in [0, 0.1) is 11.8 Å². The lowest BCUT2D eigenvalue weighted by Gasteiger charge is -2.07. The summed E-state index contributed by atoms with van der Waals surface area (Å²) in [6, 6.07) is 0. The first-order chi connectivity index (χ1) is 7.13. The minimum atomic E-state index is -4.64. The maximum atomic E-state index is 8.88. The van der Waals surface area contributed by atoms with Crippen LogP contribution in [0.1, 0.15) is 40.5 Å². The van der Waals surface area contributed by atoms with E-state index in [9.17, 15) is 0 Å². The lowest BCUT2D eigenvalue weighted by atomic mass is 10.1. The van der Waals surface area contributed by atoms with Gasteiger partial charge in [0.2, 0.25) is 0 Å². The molecular formula is C10H25O5P. The van der Waals surface area contributed by atoms with Crippen LogP contribution in [0.5, 0.6) is 0 Å². The third-order valence-corrected chi connectivity index (χ3v) is 1.68. The molecule has 0 atom stereocenters. The minimum absolute atomic E-state index is 0.772. The Morgan fingerprint density at radius 1 is 0.938 bits per heavy atom. The van der Waals surface area contributed by atoms with E-state index in [4.69, 9.17) is 24.0 Å². The summed E-state index contributed by atoms with van der Waals surface area (Å²) in [5.74, 6) is 1.54. The number of hydrogen-bond acceptors (Lipinski definition) is 2. The zero-order valence-corrected chi connectivity index (χ0v) is 11.5. The van der Waals surface area contributed by atoms with Crippen molar-refractivity contribution in [2.75, 3.05) is 13.2 Å². The molecule has 0 aliphatic rings. The second-order valence-electron chi connectivity index (χ2n) is 4.49. The van der Waals surface area contributed by atoms with E-state index >= 15 is 0 Å². The second-order valence-corrected chi connectivity index (χ2v) is 5.52. The molecule has 0 spiro atoms. The number of ether oxygens (including phenoxy) is 1. The summed E-state index contributed by atoms with van der Waals surface area (Å²) in [6.07, 6.45) is 2.39. The third-order valence-electron chi connectivity index (χ3n) is 1.68. The van der Waals surface area contributed by atoms with Gasteiger partial charge in [-0.25, -0.2) is 4.57 Å². The molecule has 3 N–H and O–H groups in total. The second kappa shape index (κ2) is 10.2. The van der Waals surface area contributed by atoms with Crippen LogP contribution < -0.4 is 0 Å². The summed E-state index contributed by atoms with van der Waals surface area (Å²) in [5.41, 5.74) is 0. The maximum absolute atomic E-state index is 8.88. The van der Waals surface area contributed by atoms with E-state index in [0.717, 1.165) is 25.0 Å². The third kappa shape index (κ3) is 36.9. The quantitative estimate of drug-likeness (QED) is 0.500. The van der Waals surface area contributed by atoms with Crippen molar-refractivity contribution in [1.82, 2.24) is 0 Å². The van der Waals surface area contributed by atoms with Crippen LogP contribution in [0.2, 0.25) is 0 Å². The van der Waals surface area contributed by atoms with E-state index in [1.165, 1.54) is 12.8 Å². The molecular weight excluding hydrogens is 231 g/mol. The topological polar surface area (TPSA) is 87.0 Å². The van der Waals surface area contributed by atoms with Gasteiger partial charge < -0.3 is 19.4 Å². The molecule has 0 aromatic carbocycles. The summed E-state index contributed by atoms with van der Waals surface area (Å²) in [6.45, 7) is 10.8. The van der Waals surface area contributed by atoms with E-state index in [1.54, 1.807) is 0 Å². The van der Waals surface area contributed by atoms with Crippen LogP contribution in [0.15, 0.2) is 0 Å². The van der Waals surface area contributed by atoms with Crippen molar-refractivity contribution in [2.24, 2.45) is 11.8 Å². The molecule has 16 heavy (non-hydrogen) atoms. The first kappa shape index (κ1) is 18.4. The van der Waals surface area contributed by atoms with Crippen LogP contribution in [0.25, 0.3) is 0 Å². The number of rotatable bonds is 6. The number of phosphoric acid groups is 1. The molecule has 0 heterocycles. The van der Waals surface area contributed by atoms with Crippen LogP contribution in [0.4, 0.5) is 0 Å². The molecule has 6 heteroatoms. The van der Waals surface area contributed by atoms with Gasteiger partial charge in [-0.2, -0.15) is 0 Å². The Kier molecular flexibility index (Phi) is 11.8.